The molecule has 1 aliphatic rings. The zero-order valence-corrected chi connectivity index (χ0v) is 21.6. The maximum Gasteiger partial charge on any atom is 0.410 e. The van der Waals surface area contributed by atoms with Crippen LogP contribution in [0.1, 0.15) is 70.2 Å². The van der Waals surface area contributed by atoms with Gasteiger partial charge < -0.3 is 19.5 Å². The van der Waals surface area contributed by atoms with Crippen molar-refractivity contribution in [3.63, 3.8) is 0 Å². The number of pyridine rings is 2. The zero-order chi connectivity index (χ0) is 26.0. The summed E-state index contributed by atoms with van der Waals surface area (Å²) in [4.78, 5) is 31.9. The number of nitrogens with zero attached hydrogens (tertiary/aromatic N) is 4. The van der Waals surface area contributed by atoms with Crippen LogP contribution in [0.5, 0.6) is 0 Å². The molecule has 0 saturated heterocycles. The van der Waals surface area contributed by atoms with Gasteiger partial charge in [0, 0.05) is 42.5 Å². The van der Waals surface area contributed by atoms with Gasteiger partial charge in [-0.25, -0.2) is 9.78 Å². The molecular formula is C28H33N5O3. The molecule has 8 heteroatoms. The third-order valence-corrected chi connectivity index (χ3v) is 6.49. The van der Waals surface area contributed by atoms with Gasteiger partial charge in [-0.2, -0.15) is 5.26 Å². The van der Waals surface area contributed by atoms with Gasteiger partial charge in [-0.3, -0.25) is 4.79 Å². The molecule has 1 amide bonds. The molecule has 0 atom stereocenters. The van der Waals surface area contributed by atoms with Crippen LogP contribution in [0, 0.1) is 11.3 Å². The van der Waals surface area contributed by atoms with Crippen LogP contribution in [0.4, 0.5) is 16.3 Å². The van der Waals surface area contributed by atoms with E-state index in [2.05, 4.69) is 16.4 Å². The largest absolute Gasteiger partial charge is 0.444 e. The summed E-state index contributed by atoms with van der Waals surface area (Å²) in [6, 6.07) is 11.6. The van der Waals surface area contributed by atoms with Crippen molar-refractivity contribution in [2.24, 2.45) is 0 Å². The Morgan fingerprint density at radius 2 is 1.94 bits per heavy atom. The van der Waals surface area contributed by atoms with Crippen molar-refractivity contribution in [2.75, 3.05) is 11.9 Å². The molecular weight excluding hydrogens is 454 g/mol. The van der Waals surface area contributed by atoms with E-state index < -0.39 is 5.60 Å². The van der Waals surface area contributed by atoms with Crippen molar-refractivity contribution in [2.45, 2.75) is 72.1 Å². The molecule has 0 unspecified atom stereocenters. The predicted octanol–water partition coefficient (Wildman–Crippen LogP) is 5.67. The Morgan fingerprint density at radius 3 is 2.61 bits per heavy atom. The van der Waals surface area contributed by atoms with Crippen molar-refractivity contribution in [1.82, 2.24) is 14.5 Å². The Balaban J connectivity index is 1.64. The summed E-state index contributed by atoms with van der Waals surface area (Å²) in [6.07, 6.45) is 3.72. The molecule has 3 aromatic rings. The second kappa shape index (κ2) is 10.0. The lowest BCUT2D eigenvalue weighted by molar-refractivity contribution is 0.0224. The van der Waals surface area contributed by atoms with Gasteiger partial charge in [-0.1, -0.05) is 19.9 Å². The molecule has 3 heterocycles. The van der Waals surface area contributed by atoms with E-state index in [-0.39, 0.29) is 23.3 Å². The molecule has 0 saturated carbocycles. The summed E-state index contributed by atoms with van der Waals surface area (Å²) < 4.78 is 7.28. The molecule has 4 rings (SSSR count). The number of fused-ring (bicyclic) bond motifs is 2. The van der Waals surface area contributed by atoms with Gasteiger partial charge in [0.05, 0.1) is 5.52 Å². The van der Waals surface area contributed by atoms with E-state index in [9.17, 15) is 14.9 Å². The summed E-state index contributed by atoms with van der Waals surface area (Å²) in [6.45, 7) is 10.8. The van der Waals surface area contributed by atoms with Gasteiger partial charge in [0.25, 0.3) is 5.56 Å². The van der Waals surface area contributed by atoms with E-state index in [1.54, 1.807) is 21.7 Å². The zero-order valence-electron chi connectivity index (χ0n) is 21.6. The highest BCUT2D eigenvalue weighted by molar-refractivity contribution is 5.83. The molecule has 188 valence electrons. The lowest BCUT2D eigenvalue weighted by Gasteiger charge is -2.31. The summed E-state index contributed by atoms with van der Waals surface area (Å²) in [5.41, 5.74) is 3.18. The molecule has 1 N–H and O–H groups in total. The van der Waals surface area contributed by atoms with E-state index in [0.29, 0.717) is 18.9 Å². The number of amides is 1. The maximum atomic E-state index is 13.0. The van der Waals surface area contributed by atoms with Crippen molar-refractivity contribution >= 4 is 28.5 Å². The molecule has 0 spiro atoms. The standard InChI is InChI=1S/C28H33N5O3/c1-6-23(7-2)33-24-14-25(30-16-20(24)12-19(15-29)26(33)34)31-22-9-8-18-10-11-32(17-21(18)13-22)27(35)36-28(3,4)5/h8-9,12-14,16,23H,6-7,10-11,17H2,1-5H3,(H,30,31). The number of carbonyl (C=O) groups excluding carboxylic acids is 1. The lowest BCUT2D eigenvalue weighted by atomic mass is 9.99. The van der Waals surface area contributed by atoms with E-state index in [1.165, 1.54) is 5.56 Å². The minimum Gasteiger partial charge on any atom is -0.444 e. The Kier molecular flexibility index (Phi) is 7.02. The molecule has 2 aromatic heterocycles. The number of aromatic nitrogens is 2. The fourth-order valence-electron chi connectivity index (χ4n) is 4.66. The van der Waals surface area contributed by atoms with E-state index in [4.69, 9.17) is 4.74 Å². The van der Waals surface area contributed by atoms with Crippen molar-refractivity contribution in [3.05, 3.63) is 63.6 Å². The van der Waals surface area contributed by atoms with Gasteiger partial charge in [-0.05, 0) is 69.4 Å². The van der Waals surface area contributed by atoms with Gasteiger partial charge in [0.2, 0.25) is 0 Å². The van der Waals surface area contributed by atoms with E-state index in [1.807, 2.05) is 58.9 Å². The molecule has 0 aliphatic carbocycles. The highest BCUT2D eigenvalue weighted by Gasteiger charge is 2.26. The molecule has 36 heavy (non-hydrogen) atoms. The molecule has 1 aliphatic heterocycles. The first-order valence-electron chi connectivity index (χ1n) is 12.5. The highest BCUT2D eigenvalue weighted by atomic mass is 16.6. The smallest absolute Gasteiger partial charge is 0.410 e. The maximum absolute atomic E-state index is 13.0. The Morgan fingerprint density at radius 1 is 1.19 bits per heavy atom. The predicted molar refractivity (Wildman–Crippen MR) is 140 cm³/mol. The quantitative estimate of drug-likeness (QED) is 0.498. The molecule has 1 aromatic carbocycles. The number of nitrogens with one attached hydrogen (secondary N) is 1. The first kappa shape index (κ1) is 25.2. The number of nitriles is 1. The first-order chi connectivity index (χ1) is 17.1. The number of ether oxygens (including phenoxy) is 1. The van der Waals surface area contributed by atoms with Crippen LogP contribution in [0.3, 0.4) is 0 Å². The number of hydrogen-bond donors (Lipinski definition) is 1. The van der Waals surface area contributed by atoms with Crippen molar-refractivity contribution in [3.8, 4) is 6.07 Å². The van der Waals surface area contributed by atoms with Crippen LogP contribution in [0.25, 0.3) is 10.9 Å². The van der Waals surface area contributed by atoms with E-state index in [0.717, 1.165) is 41.4 Å². The van der Waals surface area contributed by atoms with Crippen LogP contribution in [-0.2, 0) is 17.7 Å². The number of anilines is 2. The number of carbonyl (C=O) groups is 1. The molecule has 0 radical (unpaired) electrons. The fourth-order valence-corrected chi connectivity index (χ4v) is 4.66. The molecule has 8 nitrogen and oxygen atoms in total. The monoisotopic (exact) mass is 487 g/mol. The minimum atomic E-state index is -0.536. The molecule has 0 fully saturated rings. The normalized spacial score (nSPS) is 13.4. The first-order valence-corrected chi connectivity index (χ1v) is 12.5. The van der Waals surface area contributed by atoms with Gasteiger partial charge >= 0.3 is 6.09 Å². The number of hydrogen-bond acceptors (Lipinski definition) is 6. The van der Waals surface area contributed by atoms with Crippen LogP contribution < -0.4 is 10.9 Å². The Labute approximate surface area is 211 Å². The SMILES string of the molecule is CCC(CC)n1c(=O)c(C#N)cc2cnc(Nc3ccc4c(c3)CN(C(=O)OC(C)(C)C)CC4)cc21. The third-order valence-electron chi connectivity index (χ3n) is 6.49. The van der Waals surface area contributed by atoms with Gasteiger partial charge in [-0.15, -0.1) is 0 Å². The Hall–Kier alpha value is -3.86. The van der Waals surface area contributed by atoms with Crippen LogP contribution in [-0.4, -0.2) is 32.7 Å². The van der Waals surface area contributed by atoms with Crippen LogP contribution >= 0.6 is 0 Å². The minimum absolute atomic E-state index is 0.00821. The fraction of sp³-hybridized carbons (Fsp3) is 0.429. The van der Waals surface area contributed by atoms with Gasteiger partial charge in [0.15, 0.2) is 0 Å². The third kappa shape index (κ3) is 5.20. The van der Waals surface area contributed by atoms with Crippen LogP contribution in [0.15, 0.2) is 41.3 Å². The molecule has 0 bridgehead atoms. The summed E-state index contributed by atoms with van der Waals surface area (Å²) in [7, 11) is 0. The number of benzene rings is 1. The van der Waals surface area contributed by atoms with Gasteiger partial charge in [0.1, 0.15) is 23.1 Å². The average molecular weight is 488 g/mol. The summed E-state index contributed by atoms with van der Waals surface area (Å²) >= 11 is 0. The van der Waals surface area contributed by atoms with Crippen molar-refractivity contribution < 1.29 is 9.53 Å². The average Bonchev–Trinajstić information content (AvgIpc) is 2.84. The second-order valence-electron chi connectivity index (χ2n) is 10.2. The number of rotatable bonds is 5. The lowest BCUT2D eigenvalue weighted by Crippen LogP contribution is -2.39. The topological polar surface area (TPSA) is 100 Å². The van der Waals surface area contributed by atoms with Crippen LogP contribution in [0.2, 0.25) is 0 Å². The second-order valence-corrected chi connectivity index (χ2v) is 10.2. The summed E-state index contributed by atoms with van der Waals surface area (Å²) in [5, 5.41) is 13.6. The highest BCUT2D eigenvalue weighted by Crippen LogP contribution is 2.28. The van der Waals surface area contributed by atoms with E-state index >= 15 is 0 Å². The summed E-state index contributed by atoms with van der Waals surface area (Å²) in [5.74, 6) is 0.603. The van der Waals surface area contributed by atoms with Crippen molar-refractivity contribution in [1.29, 1.82) is 5.26 Å². The Bertz CT molecular complexity index is 1390.